The molecular formula is C13H16Cl2F3N5O. The number of aromatic nitrogens is 3. The van der Waals surface area contributed by atoms with Crippen LogP contribution in [-0.2, 0) is 6.18 Å². The van der Waals surface area contributed by atoms with Crippen molar-refractivity contribution in [3.63, 3.8) is 0 Å². The molecule has 0 bridgehead atoms. The van der Waals surface area contributed by atoms with E-state index in [1.54, 1.807) is 19.1 Å². The summed E-state index contributed by atoms with van der Waals surface area (Å²) in [6, 6.07) is 3.64. The quantitative estimate of drug-likeness (QED) is 0.845. The maximum atomic E-state index is 12.5. The number of hydrogen-bond acceptors (Lipinski definition) is 6. The van der Waals surface area contributed by atoms with Crippen molar-refractivity contribution in [3.8, 4) is 11.4 Å². The van der Waals surface area contributed by atoms with Gasteiger partial charge in [-0.05, 0) is 32.0 Å². The third-order valence-electron chi connectivity index (χ3n) is 3.41. The topological polar surface area (TPSA) is 75.9 Å². The van der Waals surface area contributed by atoms with Gasteiger partial charge >= 0.3 is 12.1 Å². The highest BCUT2D eigenvalue weighted by Gasteiger charge is 2.38. The van der Waals surface area contributed by atoms with E-state index in [2.05, 4.69) is 30.3 Å². The SMILES string of the molecule is Cc1nc(N[C@H]2CCNC2)ccc1-c1noc(C(F)(F)F)n1.Cl.Cl. The van der Waals surface area contributed by atoms with Gasteiger partial charge in [0.1, 0.15) is 5.82 Å². The first-order valence-electron chi connectivity index (χ1n) is 6.79. The van der Waals surface area contributed by atoms with E-state index in [1.165, 1.54) is 0 Å². The number of halogens is 5. The molecule has 0 aromatic carbocycles. The van der Waals surface area contributed by atoms with E-state index in [1.807, 2.05) is 0 Å². The standard InChI is InChI=1S/C13H14F3N5O.2ClH/c1-7-9(11-20-12(22-21-11)13(14,15)16)2-3-10(18-7)19-8-4-5-17-6-8;;/h2-3,8,17H,4-6H2,1H3,(H,18,19);2*1H/t8-;;/m0../s1. The fourth-order valence-electron chi connectivity index (χ4n) is 2.31. The molecule has 0 saturated carbocycles. The molecule has 3 rings (SSSR count). The lowest BCUT2D eigenvalue weighted by molar-refractivity contribution is -0.159. The molecule has 0 spiro atoms. The molecule has 2 N–H and O–H groups in total. The predicted molar refractivity (Wildman–Crippen MR) is 86.7 cm³/mol. The first kappa shape index (κ1) is 20.5. The van der Waals surface area contributed by atoms with Gasteiger partial charge in [0, 0.05) is 18.2 Å². The van der Waals surface area contributed by atoms with Crippen LogP contribution in [0.4, 0.5) is 19.0 Å². The predicted octanol–water partition coefficient (Wildman–Crippen LogP) is 3.08. The maximum Gasteiger partial charge on any atom is 0.471 e. The highest BCUT2D eigenvalue weighted by molar-refractivity contribution is 5.85. The summed E-state index contributed by atoms with van der Waals surface area (Å²) < 4.78 is 41.7. The molecule has 1 atom stereocenters. The van der Waals surface area contributed by atoms with Gasteiger partial charge in [-0.3, -0.25) is 0 Å². The van der Waals surface area contributed by atoms with Crippen molar-refractivity contribution in [1.29, 1.82) is 0 Å². The van der Waals surface area contributed by atoms with Gasteiger partial charge in [0.05, 0.1) is 5.69 Å². The fraction of sp³-hybridized carbons (Fsp3) is 0.462. The van der Waals surface area contributed by atoms with Crippen LogP contribution in [0.2, 0.25) is 0 Å². The van der Waals surface area contributed by atoms with Crippen LogP contribution in [0.1, 0.15) is 18.0 Å². The van der Waals surface area contributed by atoms with Crippen LogP contribution >= 0.6 is 24.8 Å². The third-order valence-corrected chi connectivity index (χ3v) is 3.41. The van der Waals surface area contributed by atoms with E-state index >= 15 is 0 Å². The van der Waals surface area contributed by atoms with Gasteiger partial charge in [-0.15, -0.1) is 24.8 Å². The van der Waals surface area contributed by atoms with E-state index in [9.17, 15) is 13.2 Å². The summed E-state index contributed by atoms with van der Waals surface area (Å²) in [6.07, 6.45) is -3.65. The summed E-state index contributed by atoms with van der Waals surface area (Å²) in [7, 11) is 0. The molecule has 1 aliphatic rings. The number of anilines is 1. The number of nitrogens with zero attached hydrogens (tertiary/aromatic N) is 3. The lowest BCUT2D eigenvalue weighted by atomic mass is 10.2. The van der Waals surface area contributed by atoms with Gasteiger partial charge < -0.3 is 15.2 Å². The number of alkyl halides is 3. The van der Waals surface area contributed by atoms with Crippen LogP contribution < -0.4 is 10.6 Å². The summed E-state index contributed by atoms with van der Waals surface area (Å²) in [5.74, 6) is -0.804. The third kappa shape index (κ3) is 4.49. The van der Waals surface area contributed by atoms with Gasteiger partial charge in [-0.2, -0.15) is 18.2 Å². The summed E-state index contributed by atoms with van der Waals surface area (Å²) in [4.78, 5) is 7.71. The number of nitrogens with one attached hydrogen (secondary N) is 2. The van der Waals surface area contributed by atoms with E-state index in [0.29, 0.717) is 23.1 Å². The van der Waals surface area contributed by atoms with Crippen molar-refractivity contribution in [2.24, 2.45) is 0 Å². The van der Waals surface area contributed by atoms with E-state index in [4.69, 9.17) is 0 Å². The van der Waals surface area contributed by atoms with Crippen molar-refractivity contribution in [3.05, 3.63) is 23.7 Å². The Kier molecular flexibility index (Phi) is 6.82. The van der Waals surface area contributed by atoms with Crippen molar-refractivity contribution < 1.29 is 17.7 Å². The molecule has 1 aliphatic heterocycles. The second kappa shape index (κ2) is 8.00. The smallest absolute Gasteiger partial charge is 0.366 e. The second-order valence-electron chi connectivity index (χ2n) is 5.08. The van der Waals surface area contributed by atoms with Crippen LogP contribution in [0.25, 0.3) is 11.4 Å². The highest BCUT2D eigenvalue weighted by Crippen LogP contribution is 2.30. The van der Waals surface area contributed by atoms with E-state index < -0.39 is 12.1 Å². The first-order valence-corrected chi connectivity index (χ1v) is 6.79. The summed E-state index contributed by atoms with van der Waals surface area (Å²) in [6.45, 7) is 3.51. The molecule has 2 aromatic rings. The second-order valence-corrected chi connectivity index (χ2v) is 5.08. The molecule has 2 aromatic heterocycles. The van der Waals surface area contributed by atoms with Crippen molar-refractivity contribution in [2.45, 2.75) is 25.6 Å². The lowest BCUT2D eigenvalue weighted by Crippen LogP contribution is -2.22. The first-order chi connectivity index (χ1) is 10.4. The van der Waals surface area contributed by atoms with Crippen molar-refractivity contribution in [1.82, 2.24) is 20.4 Å². The largest absolute Gasteiger partial charge is 0.471 e. The Labute approximate surface area is 148 Å². The van der Waals surface area contributed by atoms with Crippen molar-refractivity contribution in [2.75, 3.05) is 18.4 Å². The van der Waals surface area contributed by atoms with E-state index in [-0.39, 0.29) is 30.6 Å². The van der Waals surface area contributed by atoms with Crippen LogP contribution in [0.3, 0.4) is 0 Å². The zero-order valence-corrected chi connectivity index (χ0v) is 14.2. The van der Waals surface area contributed by atoms with Crippen LogP contribution in [0, 0.1) is 6.92 Å². The number of pyridine rings is 1. The minimum Gasteiger partial charge on any atom is -0.366 e. The molecule has 11 heteroatoms. The molecule has 0 unspecified atom stereocenters. The molecule has 134 valence electrons. The monoisotopic (exact) mass is 385 g/mol. The normalized spacial score (nSPS) is 17.1. The molecule has 6 nitrogen and oxygen atoms in total. The van der Waals surface area contributed by atoms with Gasteiger partial charge in [0.2, 0.25) is 5.82 Å². The summed E-state index contributed by atoms with van der Waals surface area (Å²) in [5, 5.41) is 9.87. The molecule has 24 heavy (non-hydrogen) atoms. The number of rotatable bonds is 3. The van der Waals surface area contributed by atoms with Crippen LogP contribution in [0.5, 0.6) is 0 Å². The molecule has 0 radical (unpaired) electrons. The zero-order chi connectivity index (χ0) is 15.7. The fourth-order valence-corrected chi connectivity index (χ4v) is 2.31. The van der Waals surface area contributed by atoms with E-state index in [0.717, 1.165) is 19.5 Å². The Morgan fingerprint density at radius 3 is 2.54 bits per heavy atom. The number of hydrogen-bond donors (Lipinski definition) is 2. The molecule has 0 amide bonds. The Hall–Kier alpha value is -1.58. The summed E-state index contributed by atoms with van der Waals surface area (Å²) >= 11 is 0. The highest BCUT2D eigenvalue weighted by atomic mass is 35.5. The Morgan fingerprint density at radius 1 is 1.25 bits per heavy atom. The van der Waals surface area contributed by atoms with Gasteiger partial charge in [-0.25, -0.2) is 4.98 Å². The molecule has 0 aliphatic carbocycles. The Balaban J connectivity index is 0.00000144. The maximum absolute atomic E-state index is 12.5. The molecular weight excluding hydrogens is 370 g/mol. The van der Waals surface area contributed by atoms with Crippen molar-refractivity contribution >= 4 is 30.6 Å². The summed E-state index contributed by atoms with van der Waals surface area (Å²) in [5.41, 5.74) is 0.944. The van der Waals surface area contributed by atoms with Gasteiger partial charge in [0.25, 0.3) is 0 Å². The lowest BCUT2D eigenvalue weighted by Gasteiger charge is -2.13. The Bertz CT molecular complexity index is 674. The average Bonchev–Trinajstić information content (AvgIpc) is 3.08. The minimum atomic E-state index is -4.65. The van der Waals surface area contributed by atoms with Gasteiger partial charge in [-0.1, -0.05) is 5.16 Å². The molecule has 1 fully saturated rings. The van der Waals surface area contributed by atoms with Crippen LogP contribution in [0.15, 0.2) is 16.7 Å². The minimum absolute atomic E-state index is 0. The zero-order valence-electron chi connectivity index (χ0n) is 12.6. The molecule has 3 heterocycles. The number of aryl methyl sites for hydroxylation is 1. The average molecular weight is 386 g/mol. The van der Waals surface area contributed by atoms with Gasteiger partial charge in [0.15, 0.2) is 0 Å². The van der Waals surface area contributed by atoms with Crippen LogP contribution in [-0.4, -0.2) is 34.3 Å². The Morgan fingerprint density at radius 2 is 2.00 bits per heavy atom. The molecule has 1 saturated heterocycles.